The topological polar surface area (TPSA) is 3.24 Å². The molecule has 2 heteroatoms. The minimum absolute atomic E-state index is 0.621. The van der Waals surface area contributed by atoms with Crippen molar-refractivity contribution >= 4 is 22.9 Å². The number of nitrogens with zero attached hydrogens (tertiary/aromatic N) is 1. The molecule has 0 bridgehead atoms. The molecule has 78 valence electrons. The molecule has 1 unspecified atom stereocenters. The third-order valence-electron chi connectivity index (χ3n) is 2.58. The summed E-state index contributed by atoms with van der Waals surface area (Å²) in [5.41, 5.74) is 1.38. The first kappa shape index (κ1) is 12.0. The second-order valence-corrected chi connectivity index (χ2v) is 5.27. The van der Waals surface area contributed by atoms with Gasteiger partial charge in [0.1, 0.15) is 0 Å². The molecule has 1 aromatic carbocycles. The Bertz CT molecular complexity index is 258. The zero-order chi connectivity index (χ0) is 10.6. The van der Waals surface area contributed by atoms with E-state index in [1.807, 2.05) is 0 Å². The van der Waals surface area contributed by atoms with E-state index < -0.39 is 0 Å². The molecular weight excluding hydrogens is 285 g/mol. The first-order valence-corrected chi connectivity index (χ1v) is 6.04. The molecule has 0 amide bonds. The minimum Gasteiger partial charge on any atom is -0.240 e. The lowest BCUT2D eigenvalue weighted by molar-refractivity contribution is 0.319. The summed E-state index contributed by atoms with van der Waals surface area (Å²) in [5, 5.41) is 0. The molecule has 0 fully saturated rings. The van der Waals surface area contributed by atoms with Crippen LogP contribution >= 0.6 is 22.9 Å². The first-order chi connectivity index (χ1) is 6.61. The van der Waals surface area contributed by atoms with Gasteiger partial charge in [0.05, 0.1) is 0 Å². The van der Waals surface area contributed by atoms with Crippen molar-refractivity contribution < 1.29 is 0 Å². The lowest BCUT2D eigenvalue weighted by atomic mass is 10.1. The Kier molecular flexibility index (Phi) is 4.89. The van der Waals surface area contributed by atoms with E-state index >= 15 is 0 Å². The van der Waals surface area contributed by atoms with E-state index in [0.29, 0.717) is 12.0 Å². The van der Waals surface area contributed by atoms with Crippen LogP contribution in [-0.4, -0.2) is 9.16 Å². The normalized spacial score (nSPS) is 13.6. The van der Waals surface area contributed by atoms with Crippen molar-refractivity contribution in [1.29, 1.82) is 0 Å². The van der Waals surface area contributed by atoms with E-state index in [0.717, 1.165) is 6.54 Å². The molecule has 0 aliphatic heterocycles. The maximum atomic E-state index is 2.42. The smallest absolute Gasteiger partial charge is 0.0335 e. The van der Waals surface area contributed by atoms with E-state index in [1.54, 1.807) is 0 Å². The molecule has 1 atom stereocenters. The SMILES string of the molecule is CC(C)C(C)N(I)Cc1ccccc1. The minimum atomic E-state index is 0.621. The average Bonchev–Trinajstić information content (AvgIpc) is 2.18. The molecule has 1 aromatic rings. The van der Waals surface area contributed by atoms with E-state index in [9.17, 15) is 0 Å². The van der Waals surface area contributed by atoms with Gasteiger partial charge in [-0.3, -0.25) is 0 Å². The van der Waals surface area contributed by atoms with Crippen LogP contribution in [0.15, 0.2) is 30.3 Å². The third-order valence-corrected chi connectivity index (χ3v) is 3.80. The predicted octanol–water partition coefficient (Wildman–Crippen LogP) is 3.88. The second kappa shape index (κ2) is 5.71. The van der Waals surface area contributed by atoms with Crippen molar-refractivity contribution in [2.45, 2.75) is 33.4 Å². The fraction of sp³-hybridized carbons (Fsp3) is 0.500. The fourth-order valence-corrected chi connectivity index (χ4v) is 2.26. The van der Waals surface area contributed by atoms with Gasteiger partial charge in [-0.15, -0.1) is 0 Å². The van der Waals surface area contributed by atoms with E-state index in [1.165, 1.54) is 5.56 Å². The van der Waals surface area contributed by atoms with Gasteiger partial charge in [0.2, 0.25) is 0 Å². The van der Waals surface area contributed by atoms with Gasteiger partial charge in [0, 0.05) is 35.5 Å². The van der Waals surface area contributed by atoms with Crippen molar-refractivity contribution in [3.8, 4) is 0 Å². The highest BCUT2D eigenvalue weighted by Crippen LogP contribution is 2.18. The van der Waals surface area contributed by atoms with Crippen LogP contribution in [0, 0.1) is 5.92 Å². The predicted molar refractivity (Wildman–Crippen MR) is 70.3 cm³/mol. The van der Waals surface area contributed by atoms with Gasteiger partial charge in [0.15, 0.2) is 0 Å². The summed E-state index contributed by atoms with van der Waals surface area (Å²) in [4.78, 5) is 0. The summed E-state index contributed by atoms with van der Waals surface area (Å²) in [6.45, 7) is 7.84. The fourth-order valence-electron chi connectivity index (χ4n) is 1.23. The Hall–Kier alpha value is -0.0900. The Morgan fingerprint density at radius 1 is 1.14 bits per heavy atom. The van der Waals surface area contributed by atoms with Gasteiger partial charge >= 0.3 is 0 Å². The molecule has 0 aliphatic carbocycles. The van der Waals surface area contributed by atoms with Crippen molar-refractivity contribution in [3.05, 3.63) is 35.9 Å². The molecule has 0 aliphatic rings. The van der Waals surface area contributed by atoms with Crippen molar-refractivity contribution in [2.24, 2.45) is 5.92 Å². The summed E-state index contributed by atoms with van der Waals surface area (Å²) in [6.07, 6.45) is 0. The van der Waals surface area contributed by atoms with Gasteiger partial charge in [-0.2, -0.15) is 0 Å². The van der Waals surface area contributed by atoms with Gasteiger partial charge in [-0.25, -0.2) is 3.11 Å². The number of rotatable bonds is 4. The van der Waals surface area contributed by atoms with Crippen molar-refractivity contribution in [1.82, 2.24) is 3.11 Å². The molecule has 0 N–H and O–H groups in total. The second-order valence-electron chi connectivity index (χ2n) is 4.03. The largest absolute Gasteiger partial charge is 0.240 e. The summed E-state index contributed by atoms with van der Waals surface area (Å²) in [5.74, 6) is 0.704. The number of hydrogen-bond donors (Lipinski definition) is 0. The Labute approximate surface area is 101 Å². The van der Waals surface area contributed by atoms with Crippen molar-refractivity contribution in [3.63, 3.8) is 0 Å². The molecule has 0 radical (unpaired) electrons. The average molecular weight is 303 g/mol. The first-order valence-electron chi connectivity index (χ1n) is 5.07. The molecule has 0 aromatic heterocycles. The zero-order valence-corrected chi connectivity index (χ0v) is 11.2. The summed E-state index contributed by atoms with van der Waals surface area (Å²) >= 11 is 2.42. The molecule has 0 saturated heterocycles. The van der Waals surface area contributed by atoms with E-state index in [-0.39, 0.29) is 0 Å². The van der Waals surface area contributed by atoms with Gasteiger partial charge in [-0.05, 0) is 18.4 Å². The van der Waals surface area contributed by atoms with Crippen LogP contribution < -0.4 is 0 Å². The van der Waals surface area contributed by atoms with Crippen LogP contribution in [0.25, 0.3) is 0 Å². The van der Waals surface area contributed by atoms with Gasteiger partial charge < -0.3 is 0 Å². The van der Waals surface area contributed by atoms with Crippen LogP contribution in [0.1, 0.15) is 26.3 Å². The van der Waals surface area contributed by atoms with Gasteiger partial charge in [-0.1, -0.05) is 44.2 Å². The molecule has 1 nitrogen and oxygen atoms in total. The summed E-state index contributed by atoms with van der Waals surface area (Å²) < 4.78 is 2.37. The molecule has 0 spiro atoms. The van der Waals surface area contributed by atoms with Crippen LogP contribution in [-0.2, 0) is 6.54 Å². The number of benzene rings is 1. The van der Waals surface area contributed by atoms with Gasteiger partial charge in [0.25, 0.3) is 0 Å². The monoisotopic (exact) mass is 303 g/mol. The van der Waals surface area contributed by atoms with Crippen LogP contribution in [0.2, 0.25) is 0 Å². The Morgan fingerprint density at radius 2 is 1.71 bits per heavy atom. The van der Waals surface area contributed by atoms with Crippen LogP contribution in [0.3, 0.4) is 0 Å². The highest BCUT2D eigenvalue weighted by atomic mass is 127. The zero-order valence-electron chi connectivity index (χ0n) is 9.07. The lowest BCUT2D eigenvalue weighted by Gasteiger charge is -2.25. The highest BCUT2D eigenvalue weighted by molar-refractivity contribution is 14.1. The maximum absolute atomic E-state index is 2.42. The number of halogens is 1. The summed E-state index contributed by atoms with van der Waals surface area (Å²) in [6, 6.07) is 11.2. The lowest BCUT2D eigenvalue weighted by Crippen LogP contribution is -2.27. The van der Waals surface area contributed by atoms with E-state index in [2.05, 4.69) is 77.1 Å². The molecule has 1 rings (SSSR count). The standard InChI is InChI=1S/C12H18IN/c1-10(2)11(3)14(13)9-12-7-5-4-6-8-12/h4-8,10-11H,9H2,1-3H3. The van der Waals surface area contributed by atoms with Crippen molar-refractivity contribution in [2.75, 3.05) is 0 Å². The third kappa shape index (κ3) is 3.58. The maximum Gasteiger partial charge on any atom is 0.0335 e. The molecular formula is C12H18IN. The quantitative estimate of drug-likeness (QED) is 0.602. The molecule has 0 heterocycles. The number of hydrogen-bond acceptors (Lipinski definition) is 1. The van der Waals surface area contributed by atoms with Crippen LogP contribution in [0.4, 0.5) is 0 Å². The van der Waals surface area contributed by atoms with Crippen LogP contribution in [0.5, 0.6) is 0 Å². The van der Waals surface area contributed by atoms with E-state index in [4.69, 9.17) is 0 Å². The molecule has 14 heavy (non-hydrogen) atoms. The Balaban J connectivity index is 2.53. The molecule has 0 saturated carbocycles. The Morgan fingerprint density at radius 3 is 2.21 bits per heavy atom. The summed E-state index contributed by atoms with van der Waals surface area (Å²) in [7, 11) is 0. The highest BCUT2D eigenvalue weighted by Gasteiger charge is 2.14.